The number of anilines is 1. The van der Waals surface area contributed by atoms with E-state index in [2.05, 4.69) is 15.4 Å². The molecule has 1 atom stereocenters. The van der Waals surface area contributed by atoms with Crippen molar-refractivity contribution in [1.82, 2.24) is 5.32 Å². The Bertz CT molecular complexity index is 472. The highest BCUT2D eigenvalue weighted by Crippen LogP contribution is 2.11. The molecule has 0 bridgehead atoms. The zero-order chi connectivity index (χ0) is 15.1. The Morgan fingerprint density at radius 2 is 2.00 bits per heavy atom. The number of carbonyl (C=O) groups excluding carboxylic acids is 2. The molecule has 0 aromatic heterocycles. The molecule has 20 heavy (non-hydrogen) atoms. The lowest BCUT2D eigenvalue weighted by Crippen LogP contribution is -2.46. The lowest BCUT2D eigenvalue weighted by Gasteiger charge is -2.20. The third kappa shape index (κ3) is 4.57. The molecule has 0 saturated carbocycles. The van der Waals surface area contributed by atoms with Gasteiger partial charge in [0, 0.05) is 5.69 Å². The van der Waals surface area contributed by atoms with E-state index in [9.17, 15) is 9.59 Å². The fraction of sp³-hybridized carbons (Fsp3) is 0.467. The van der Waals surface area contributed by atoms with Crippen molar-refractivity contribution in [2.24, 2.45) is 5.92 Å². The Balaban J connectivity index is 2.68. The van der Waals surface area contributed by atoms with Gasteiger partial charge in [-0.2, -0.15) is 0 Å². The van der Waals surface area contributed by atoms with E-state index in [1.807, 2.05) is 39.0 Å². The first-order valence-corrected chi connectivity index (χ1v) is 6.72. The van der Waals surface area contributed by atoms with Crippen LogP contribution in [-0.4, -0.2) is 25.2 Å². The van der Waals surface area contributed by atoms with Gasteiger partial charge in [0.1, 0.15) is 6.04 Å². The number of esters is 1. The molecule has 1 aromatic rings. The van der Waals surface area contributed by atoms with Gasteiger partial charge in [0.15, 0.2) is 0 Å². The second kappa shape index (κ2) is 7.53. The van der Waals surface area contributed by atoms with Gasteiger partial charge >= 0.3 is 12.0 Å². The lowest BCUT2D eigenvalue weighted by molar-refractivity contribution is -0.143. The number of nitrogens with one attached hydrogen (secondary N) is 2. The number of ether oxygens (including phenoxy) is 1. The first-order valence-electron chi connectivity index (χ1n) is 6.72. The number of hydrogen-bond donors (Lipinski definition) is 2. The fourth-order valence-electron chi connectivity index (χ4n) is 1.80. The highest BCUT2D eigenvalue weighted by Gasteiger charge is 2.24. The van der Waals surface area contributed by atoms with Gasteiger partial charge in [-0.25, -0.2) is 9.59 Å². The fourth-order valence-corrected chi connectivity index (χ4v) is 1.80. The summed E-state index contributed by atoms with van der Waals surface area (Å²) in [5.74, 6) is -0.493. The maximum absolute atomic E-state index is 11.9. The van der Waals surface area contributed by atoms with E-state index in [4.69, 9.17) is 0 Å². The first kappa shape index (κ1) is 16.0. The van der Waals surface area contributed by atoms with Gasteiger partial charge < -0.3 is 15.4 Å². The van der Waals surface area contributed by atoms with Crippen molar-refractivity contribution < 1.29 is 14.3 Å². The van der Waals surface area contributed by atoms with Crippen LogP contribution in [0.3, 0.4) is 0 Å². The molecule has 0 radical (unpaired) electrons. The Morgan fingerprint density at radius 1 is 1.30 bits per heavy atom. The number of amides is 2. The van der Waals surface area contributed by atoms with E-state index >= 15 is 0 Å². The lowest BCUT2D eigenvalue weighted by atomic mass is 10.1. The highest BCUT2D eigenvalue weighted by molar-refractivity contribution is 5.92. The van der Waals surface area contributed by atoms with Gasteiger partial charge in [-0.15, -0.1) is 0 Å². The molecule has 5 nitrogen and oxygen atoms in total. The van der Waals surface area contributed by atoms with E-state index in [1.54, 1.807) is 6.07 Å². The van der Waals surface area contributed by atoms with Crippen molar-refractivity contribution in [3.05, 3.63) is 29.8 Å². The number of carbonyl (C=O) groups is 2. The van der Waals surface area contributed by atoms with Gasteiger partial charge in [0.05, 0.1) is 7.11 Å². The first-order chi connectivity index (χ1) is 9.47. The molecule has 0 aliphatic rings. The molecule has 0 aliphatic carbocycles. The maximum atomic E-state index is 11.9. The van der Waals surface area contributed by atoms with Crippen LogP contribution in [-0.2, 0) is 16.0 Å². The van der Waals surface area contributed by atoms with E-state index in [1.165, 1.54) is 7.11 Å². The number of urea groups is 1. The van der Waals surface area contributed by atoms with Crippen molar-refractivity contribution in [1.29, 1.82) is 0 Å². The summed E-state index contributed by atoms with van der Waals surface area (Å²) in [4.78, 5) is 23.5. The standard InChI is InChI=1S/C15H22N2O3/c1-5-11-7-6-8-12(9-11)16-15(19)17-13(10(2)3)14(18)20-4/h6-10,13H,5H2,1-4H3,(H2,16,17,19)/t13-/m1/s1. The molecule has 1 aromatic carbocycles. The van der Waals surface area contributed by atoms with Crippen LogP contribution in [0, 0.1) is 5.92 Å². The highest BCUT2D eigenvalue weighted by atomic mass is 16.5. The molecule has 2 N–H and O–H groups in total. The van der Waals surface area contributed by atoms with Crippen molar-refractivity contribution >= 4 is 17.7 Å². The van der Waals surface area contributed by atoms with Crippen molar-refractivity contribution in [2.75, 3.05) is 12.4 Å². The molecule has 1 rings (SSSR count). The summed E-state index contributed by atoms with van der Waals surface area (Å²) in [7, 11) is 1.31. The zero-order valence-corrected chi connectivity index (χ0v) is 12.4. The van der Waals surface area contributed by atoms with Crippen LogP contribution in [0.4, 0.5) is 10.5 Å². The molecule has 0 aliphatic heterocycles. The van der Waals surface area contributed by atoms with Crippen LogP contribution >= 0.6 is 0 Å². The number of methoxy groups -OCH3 is 1. The van der Waals surface area contributed by atoms with Crippen LogP contribution in [0.15, 0.2) is 24.3 Å². The minimum Gasteiger partial charge on any atom is -0.467 e. The number of aryl methyl sites for hydroxylation is 1. The van der Waals surface area contributed by atoms with Crippen LogP contribution in [0.25, 0.3) is 0 Å². The summed E-state index contributed by atoms with van der Waals surface area (Å²) in [6.07, 6.45) is 0.897. The molecule has 2 amide bonds. The van der Waals surface area contributed by atoms with Gasteiger partial charge in [0.2, 0.25) is 0 Å². The van der Waals surface area contributed by atoms with Crippen LogP contribution in [0.2, 0.25) is 0 Å². The largest absolute Gasteiger partial charge is 0.467 e. The van der Waals surface area contributed by atoms with Gasteiger partial charge in [-0.3, -0.25) is 0 Å². The van der Waals surface area contributed by atoms with Crippen LogP contribution < -0.4 is 10.6 Å². The summed E-state index contributed by atoms with van der Waals surface area (Å²) >= 11 is 0. The van der Waals surface area contributed by atoms with Gasteiger partial charge in [0.25, 0.3) is 0 Å². The van der Waals surface area contributed by atoms with Crippen molar-refractivity contribution in [3.63, 3.8) is 0 Å². The summed E-state index contributed by atoms with van der Waals surface area (Å²) in [5, 5.41) is 5.35. The molecule has 0 saturated heterocycles. The Labute approximate surface area is 119 Å². The van der Waals surface area contributed by atoms with Crippen molar-refractivity contribution in [3.8, 4) is 0 Å². The topological polar surface area (TPSA) is 67.4 Å². The third-order valence-corrected chi connectivity index (χ3v) is 3.00. The van der Waals surface area contributed by atoms with E-state index < -0.39 is 18.0 Å². The summed E-state index contributed by atoms with van der Waals surface area (Å²) in [5.41, 5.74) is 1.84. The van der Waals surface area contributed by atoms with E-state index in [0.29, 0.717) is 5.69 Å². The SMILES string of the molecule is CCc1cccc(NC(=O)N[C@@H](C(=O)OC)C(C)C)c1. The minimum atomic E-state index is -0.658. The van der Waals surface area contributed by atoms with E-state index in [-0.39, 0.29) is 5.92 Å². The Hall–Kier alpha value is -2.04. The molecule has 0 fully saturated rings. The molecular weight excluding hydrogens is 256 g/mol. The second-order valence-electron chi connectivity index (χ2n) is 4.90. The Kier molecular flexibility index (Phi) is 6.03. The van der Waals surface area contributed by atoms with Crippen LogP contribution in [0.5, 0.6) is 0 Å². The second-order valence-corrected chi connectivity index (χ2v) is 4.90. The van der Waals surface area contributed by atoms with Crippen LogP contribution in [0.1, 0.15) is 26.3 Å². The predicted octanol–water partition coefficient (Wildman–Crippen LogP) is 2.57. The van der Waals surface area contributed by atoms with Gasteiger partial charge in [-0.1, -0.05) is 32.9 Å². The average Bonchev–Trinajstić information content (AvgIpc) is 2.43. The molecule has 5 heteroatoms. The monoisotopic (exact) mass is 278 g/mol. The normalized spacial score (nSPS) is 11.8. The zero-order valence-electron chi connectivity index (χ0n) is 12.4. The quantitative estimate of drug-likeness (QED) is 0.813. The van der Waals surface area contributed by atoms with Crippen molar-refractivity contribution in [2.45, 2.75) is 33.2 Å². The predicted molar refractivity (Wildman–Crippen MR) is 78.6 cm³/mol. The number of rotatable bonds is 5. The third-order valence-electron chi connectivity index (χ3n) is 3.00. The Morgan fingerprint density at radius 3 is 2.55 bits per heavy atom. The number of hydrogen-bond acceptors (Lipinski definition) is 3. The maximum Gasteiger partial charge on any atom is 0.328 e. The summed E-state index contributed by atoms with van der Waals surface area (Å²) in [6, 6.07) is 6.52. The minimum absolute atomic E-state index is 0.0461. The summed E-state index contributed by atoms with van der Waals surface area (Å²) in [6.45, 7) is 5.74. The summed E-state index contributed by atoms with van der Waals surface area (Å²) < 4.78 is 4.68. The molecule has 0 unspecified atom stereocenters. The molecular formula is C15H22N2O3. The smallest absolute Gasteiger partial charge is 0.328 e. The molecule has 0 heterocycles. The molecule has 110 valence electrons. The van der Waals surface area contributed by atoms with Gasteiger partial charge in [-0.05, 0) is 30.0 Å². The average molecular weight is 278 g/mol. The number of benzene rings is 1. The van der Waals surface area contributed by atoms with E-state index in [0.717, 1.165) is 12.0 Å². The molecule has 0 spiro atoms.